The summed E-state index contributed by atoms with van der Waals surface area (Å²) in [5.41, 5.74) is 7.16. The normalized spacial score (nSPS) is 14.7. The molecule has 0 aliphatic rings. The first-order chi connectivity index (χ1) is 23.1. The van der Waals surface area contributed by atoms with E-state index in [1.54, 1.807) is 52.0 Å². The average Bonchev–Trinajstić information content (AvgIpc) is 3.05. The Morgan fingerprint density at radius 2 is 1.10 bits per heavy atom. The number of hydrogen-bond acceptors (Lipinski definition) is 8. The highest BCUT2D eigenvalue weighted by Gasteiger charge is 2.33. The first kappa shape index (κ1) is 40.2. The van der Waals surface area contributed by atoms with Crippen molar-refractivity contribution in [1.29, 1.82) is 0 Å². The Kier molecular flexibility index (Phi) is 16.2. The van der Waals surface area contributed by atoms with Gasteiger partial charge in [-0.25, -0.2) is 9.59 Å². The zero-order chi connectivity index (χ0) is 36.7. The lowest BCUT2D eigenvalue weighted by Gasteiger charge is -2.28. The van der Waals surface area contributed by atoms with Crippen molar-refractivity contribution in [3.63, 3.8) is 0 Å². The van der Waals surface area contributed by atoms with E-state index in [-0.39, 0.29) is 24.7 Å². The van der Waals surface area contributed by atoms with Crippen LogP contribution in [0.5, 0.6) is 0 Å². The summed E-state index contributed by atoms with van der Waals surface area (Å²) in [7, 11) is 1.23. The highest BCUT2D eigenvalue weighted by atomic mass is 16.5. The third kappa shape index (κ3) is 13.6. The highest BCUT2D eigenvalue weighted by Crippen LogP contribution is 2.10. The summed E-state index contributed by atoms with van der Waals surface area (Å²) in [6, 6.07) is 12.5. The van der Waals surface area contributed by atoms with E-state index in [2.05, 4.69) is 31.9 Å². The van der Waals surface area contributed by atoms with Crippen molar-refractivity contribution in [2.24, 2.45) is 17.6 Å². The third-order valence-electron chi connectivity index (χ3n) is 7.64. The molecule has 2 aromatic carbocycles. The van der Waals surface area contributed by atoms with Crippen LogP contribution in [0.15, 0.2) is 60.7 Å². The number of methoxy groups -OCH3 is 1. The molecule has 6 amide bonds. The number of carbonyl (C=O) groups excluding carboxylic acids is 6. The number of ether oxygens (including phenoxy) is 1. The van der Waals surface area contributed by atoms with E-state index in [0.29, 0.717) is 0 Å². The number of benzene rings is 2. The number of carbonyl (C=O) groups is 6. The van der Waals surface area contributed by atoms with Crippen molar-refractivity contribution in [3.8, 4) is 0 Å². The monoisotopic (exact) mass is 681 g/mol. The van der Waals surface area contributed by atoms with Crippen LogP contribution >= 0.6 is 0 Å². The summed E-state index contributed by atoms with van der Waals surface area (Å²) >= 11 is 0. The summed E-state index contributed by atoms with van der Waals surface area (Å²) < 4.78 is 4.83. The molecule has 0 aromatic heterocycles. The number of nitrogens with two attached hydrogens (primary N) is 1. The molecular formula is C35H51N7O7. The Hall–Kier alpha value is -4.98. The van der Waals surface area contributed by atoms with Gasteiger partial charge in [0.05, 0.1) is 13.2 Å². The van der Waals surface area contributed by atoms with Gasteiger partial charge < -0.3 is 42.4 Å². The summed E-state index contributed by atoms with van der Waals surface area (Å²) in [5.74, 6) is -3.55. The fraction of sp³-hybridized carbons (Fsp3) is 0.486. The maximum atomic E-state index is 13.8. The van der Waals surface area contributed by atoms with Gasteiger partial charge in [0, 0.05) is 12.8 Å². The molecule has 0 unspecified atom stereocenters. The van der Waals surface area contributed by atoms with Crippen LogP contribution in [0.3, 0.4) is 0 Å². The fourth-order valence-electron chi connectivity index (χ4n) is 4.77. The molecule has 49 heavy (non-hydrogen) atoms. The van der Waals surface area contributed by atoms with Crippen molar-refractivity contribution < 1.29 is 33.5 Å². The molecule has 0 fully saturated rings. The highest BCUT2D eigenvalue weighted by molar-refractivity contribution is 5.94. The molecule has 0 aliphatic carbocycles. The molecule has 6 atom stereocenters. The van der Waals surface area contributed by atoms with E-state index in [1.807, 2.05) is 36.4 Å². The Morgan fingerprint density at radius 3 is 1.59 bits per heavy atom. The first-order valence-corrected chi connectivity index (χ1v) is 16.3. The van der Waals surface area contributed by atoms with Crippen LogP contribution < -0.4 is 37.6 Å². The van der Waals surface area contributed by atoms with Gasteiger partial charge in [-0.1, -0.05) is 88.4 Å². The van der Waals surface area contributed by atoms with Crippen molar-refractivity contribution in [2.75, 3.05) is 7.11 Å². The lowest BCUT2D eigenvalue weighted by Crippen LogP contribution is -2.61. The molecule has 0 radical (unpaired) electrons. The Bertz CT molecular complexity index is 1400. The van der Waals surface area contributed by atoms with Gasteiger partial charge in [0.15, 0.2) is 0 Å². The third-order valence-corrected chi connectivity index (χ3v) is 7.64. The lowest BCUT2D eigenvalue weighted by atomic mass is 9.99. The van der Waals surface area contributed by atoms with E-state index in [0.717, 1.165) is 11.1 Å². The van der Waals surface area contributed by atoms with Crippen LogP contribution in [-0.2, 0) is 41.6 Å². The fourth-order valence-corrected chi connectivity index (χ4v) is 4.77. The number of hydrogen-bond donors (Lipinski definition) is 7. The topological polar surface area (TPSA) is 210 Å². The molecule has 0 aliphatic heterocycles. The van der Waals surface area contributed by atoms with Crippen LogP contribution in [0, 0.1) is 11.8 Å². The van der Waals surface area contributed by atoms with Gasteiger partial charge in [-0.05, 0) is 36.8 Å². The SMILES string of the molecule is COC(=O)[C@@H](NC(=O)[C@@H](NC(=O)[C@H](Cc1ccccc1)NC(=O)N[C@H](Cc1ccccc1)NC(=O)[C@H](C)NC(=O)[C@H](C)N)C(C)C)C(C)C. The quantitative estimate of drug-likeness (QED) is 0.0940. The molecule has 2 aromatic rings. The second kappa shape index (κ2) is 19.7. The minimum absolute atomic E-state index is 0.0827. The van der Waals surface area contributed by atoms with Gasteiger partial charge in [-0.15, -0.1) is 0 Å². The molecule has 0 saturated heterocycles. The molecule has 0 heterocycles. The molecule has 0 bridgehead atoms. The molecule has 8 N–H and O–H groups in total. The summed E-state index contributed by atoms with van der Waals surface area (Å²) in [5, 5.41) is 16.1. The van der Waals surface area contributed by atoms with Gasteiger partial charge in [0.2, 0.25) is 23.6 Å². The van der Waals surface area contributed by atoms with Crippen LogP contribution in [0.4, 0.5) is 4.79 Å². The number of amides is 6. The predicted molar refractivity (Wildman–Crippen MR) is 184 cm³/mol. The minimum Gasteiger partial charge on any atom is -0.467 e. The van der Waals surface area contributed by atoms with Crippen molar-refractivity contribution >= 4 is 35.6 Å². The smallest absolute Gasteiger partial charge is 0.328 e. The van der Waals surface area contributed by atoms with Gasteiger partial charge in [-0.3, -0.25) is 19.2 Å². The molecule has 0 saturated carbocycles. The molecule has 0 spiro atoms. The Balaban J connectivity index is 2.29. The lowest BCUT2D eigenvalue weighted by molar-refractivity contribution is -0.146. The van der Waals surface area contributed by atoms with Crippen molar-refractivity contribution in [2.45, 2.75) is 90.8 Å². The van der Waals surface area contributed by atoms with Gasteiger partial charge in [-0.2, -0.15) is 0 Å². The largest absolute Gasteiger partial charge is 0.467 e. The van der Waals surface area contributed by atoms with Crippen LogP contribution in [0.2, 0.25) is 0 Å². The Morgan fingerprint density at radius 1 is 0.592 bits per heavy atom. The number of nitrogens with one attached hydrogen (secondary N) is 6. The van der Waals surface area contributed by atoms with Crippen molar-refractivity contribution in [3.05, 3.63) is 71.8 Å². The van der Waals surface area contributed by atoms with Gasteiger partial charge in [0.25, 0.3) is 0 Å². The van der Waals surface area contributed by atoms with E-state index < -0.39 is 72.0 Å². The van der Waals surface area contributed by atoms with E-state index in [4.69, 9.17) is 10.5 Å². The number of rotatable bonds is 17. The van der Waals surface area contributed by atoms with E-state index in [1.165, 1.54) is 21.0 Å². The van der Waals surface area contributed by atoms with Crippen LogP contribution in [0.1, 0.15) is 52.7 Å². The molecular weight excluding hydrogens is 630 g/mol. The maximum absolute atomic E-state index is 13.8. The first-order valence-electron chi connectivity index (χ1n) is 16.3. The summed E-state index contributed by atoms with van der Waals surface area (Å²) in [6.45, 7) is 9.99. The Labute approximate surface area is 288 Å². The minimum atomic E-state index is -1.14. The summed E-state index contributed by atoms with van der Waals surface area (Å²) in [6.07, 6.45) is -0.666. The molecule has 14 nitrogen and oxygen atoms in total. The maximum Gasteiger partial charge on any atom is 0.328 e. The van der Waals surface area contributed by atoms with Crippen LogP contribution in [-0.4, -0.2) is 79.1 Å². The summed E-state index contributed by atoms with van der Waals surface area (Å²) in [4.78, 5) is 77.9. The number of esters is 1. The molecule has 268 valence electrons. The zero-order valence-corrected chi connectivity index (χ0v) is 29.2. The van der Waals surface area contributed by atoms with Gasteiger partial charge >= 0.3 is 12.0 Å². The molecule has 2 rings (SSSR count). The second-order valence-electron chi connectivity index (χ2n) is 12.6. The van der Waals surface area contributed by atoms with Crippen LogP contribution in [0.25, 0.3) is 0 Å². The predicted octanol–water partition coefficient (Wildman–Crippen LogP) is 0.888. The zero-order valence-electron chi connectivity index (χ0n) is 29.2. The van der Waals surface area contributed by atoms with E-state index in [9.17, 15) is 28.8 Å². The van der Waals surface area contributed by atoms with E-state index >= 15 is 0 Å². The van der Waals surface area contributed by atoms with Crippen molar-refractivity contribution in [1.82, 2.24) is 31.9 Å². The number of urea groups is 1. The molecule has 14 heteroatoms. The standard InChI is InChI=1S/C35H51N7O7/c1-20(2)28(33(46)42-29(21(3)4)34(47)49-7)41-32(45)26(18-24-14-10-8-11-15-24)38-35(48)40-27(19-25-16-12-9-13-17-25)39-31(44)23(6)37-30(43)22(5)36/h8-17,20-23,26-29H,18-19,36H2,1-7H3,(H,37,43)(H,39,44)(H,41,45)(H,42,46)(H2,38,40,48)/t22-,23-,26-,27+,28-,29-/m0/s1. The van der Waals surface area contributed by atoms with Gasteiger partial charge in [0.1, 0.15) is 30.3 Å². The second-order valence-corrected chi connectivity index (χ2v) is 12.6. The average molecular weight is 682 g/mol.